The summed E-state index contributed by atoms with van der Waals surface area (Å²) in [6.45, 7) is 1.38. The number of carbonyl (C=O) groups is 1. The summed E-state index contributed by atoms with van der Waals surface area (Å²) in [5.74, 6) is 4.73. The van der Waals surface area contributed by atoms with Crippen LogP contribution in [0.1, 0.15) is 18.1 Å². The summed E-state index contributed by atoms with van der Waals surface area (Å²) >= 11 is 0.967. The van der Waals surface area contributed by atoms with Gasteiger partial charge in [0.05, 0.1) is 11.3 Å². The molecule has 0 spiro atoms. The van der Waals surface area contributed by atoms with E-state index in [1.54, 1.807) is 0 Å². The zero-order chi connectivity index (χ0) is 13.8. The van der Waals surface area contributed by atoms with Gasteiger partial charge in [0.15, 0.2) is 5.12 Å². The Labute approximate surface area is 106 Å². The monoisotopic (exact) mass is 274 g/mol. The van der Waals surface area contributed by atoms with E-state index in [2.05, 4.69) is 11.8 Å². The molecule has 0 amide bonds. The molecule has 1 rings (SSSR count). The highest BCUT2D eigenvalue weighted by molar-refractivity contribution is 8.13. The molecule has 0 aromatic heterocycles. The van der Waals surface area contributed by atoms with Crippen molar-refractivity contribution in [2.45, 2.75) is 13.1 Å². The molecule has 0 fully saturated rings. The first-order valence-corrected chi connectivity index (χ1v) is 5.81. The summed E-state index contributed by atoms with van der Waals surface area (Å²) in [6.07, 6.45) is -4.52. The van der Waals surface area contributed by atoms with Crippen LogP contribution in [0.3, 0.4) is 0 Å². The summed E-state index contributed by atoms with van der Waals surface area (Å²) in [7, 11) is 0. The van der Waals surface area contributed by atoms with Crippen molar-refractivity contribution in [2.24, 2.45) is 0 Å². The first-order valence-electron chi connectivity index (χ1n) is 4.82. The Bertz CT molecular complexity index is 512. The van der Waals surface area contributed by atoms with Crippen LogP contribution in [0.4, 0.5) is 13.2 Å². The van der Waals surface area contributed by atoms with Gasteiger partial charge in [-0.3, -0.25) is 4.79 Å². The number of aromatic hydroxyl groups is 1. The third-order valence-corrected chi connectivity index (χ3v) is 2.52. The highest BCUT2D eigenvalue weighted by Crippen LogP contribution is 2.32. The number of thioether (sulfide) groups is 1. The van der Waals surface area contributed by atoms with Gasteiger partial charge in [-0.05, 0) is 18.2 Å². The lowest BCUT2D eigenvalue weighted by Crippen LogP contribution is -2.04. The largest absolute Gasteiger partial charge is 0.508 e. The Morgan fingerprint density at radius 3 is 2.61 bits per heavy atom. The van der Waals surface area contributed by atoms with Gasteiger partial charge < -0.3 is 5.11 Å². The van der Waals surface area contributed by atoms with E-state index in [0.717, 1.165) is 23.9 Å². The Morgan fingerprint density at radius 1 is 1.39 bits per heavy atom. The molecule has 0 aliphatic heterocycles. The van der Waals surface area contributed by atoms with E-state index in [-0.39, 0.29) is 16.4 Å². The highest BCUT2D eigenvalue weighted by Gasteiger charge is 2.31. The second-order valence-electron chi connectivity index (χ2n) is 3.35. The minimum Gasteiger partial charge on any atom is -0.508 e. The first kappa shape index (κ1) is 14.5. The maximum absolute atomic E-state index is 12.4. The topological polar surface area (TPSA) is 37.3 Å². The zero-order valence-corrected chi connectivity index (χ0v) is 10.2. The van der Waals surface area contributed by atoms with Gasteiger partial charge in [-0.1, -0.05) is 23.6 Å². The Morgan fingerprint density at radius 2 is 2.06 bits per heavy atom. The number of carbonyl (C=O) groups excluding carboxylic acids is 1. The lowest BCUT2D eigenvalue weighted by atomic mass is 10.1. The molecular weight excluding hydrogens is 265 g/mol. The molecule has 0 radical (unpaired) electrons. The van der Waals surface area contributed by atoms with Gasteiger partial charge in [-0.2, -0.15) is 13.2 Å². The lowest BCUT2D eigenvalue weighted by molar-refractivity contribution is -0.137. The third kappa shape index (κ3) is 4.72. The molecule has 0 saturated carbocycles. The average molecular weight is 274 g/mol. The van der Waals surface area contributed by atoms with Crippen molar-refractivity contribution in [3.05, 3.63) is 29.3 Å². The molecular formula is C12H9F3O2S. The van der Waals surface area contributed by atoms with Crippen molar-refractivity contribution in [3.8, 4) is 17.6 Å². The SMILES string of the molecule is CC(=O)SCC#Cc1cc(O)cc(C(F)(F)F)c1. The summed E-state index contributed by atoms with van der Waals surface area (Å²) < 4.78 is 37.3. The molecule has 0 atom stereocenters. The number of phenols is 1. The van der Waals surface area contributed by atoms with Crippen molar-refractivity contribution in [2.75, 3.05) is 5.75 Å². The van der Waals surface area contributed by atoms with Crippen molar-refractivity contribution in [1.29, 1.82) is 0 Å². The van der Waals surface area contributed by atoms with Crippen LogP contribution in [0.25, 0.3) is 0 Å². The molecule has 6 heteroatoms. The fourth-order valence-corrected chi connectivity index (χ4v) is 1.47. The van der Waals surface area contributed by atoms with Crippen LogP contribution in [0.15, 0.2) is 18.2 Å². The number of hydrogen-bond donors (Lipinski definition) is 1. The lowest BCUT2D eigenvalue weighted by Gasteiger charge is -2.07. The number of phenolic OH excluding ortho intramolecular Hbond substituents is 1. The van der Waals surface area contributed by atoms with Crippen molar-refractivity contribution >= 4 is 16.9 Å². The molecule has 0 aliphatic carbocycles. The minimum atomic E-state index is -4.52. The van der Waals surface area contributed by atoms with Crippen LogP contribution >= 0.6 is 11.8 Å². The molecule has 18 heavy (non-hydrogen) atoms. The molecule has 96 valence electrons. The molecule has 0 heterocycles. The summed E-state index contributed by atoms with van der Waals surface area (Å²) in [6, 6.07) is 2.63. The molecule has 1 aromatic carbocycles. The first-order chi connectivity index (χ1) is 8.29. The predicted molar refractivity (Wildman–Crippen MR) is 63.1 cm³/mol. The summed E-state index contributed by atoms with van der Waals surface area (Å²) in [4.78, 5) is 10.6. The van der Waals surface area contributed by atoms with E-state index in [9.17, 15) is 23.1 Å². The van der Waals surface area contributed by atoms with Crippen molar-refractivity contribution in [3.63, 3.8) is 0 Å². The fraction of sp³-hybridized carbons (Fsp3) is 0.250. The maximum Gasteiger partial charge on any atom is 0.416 e. The molecule has 0 bridgehead atoms. The Kier molecular flexibility index (Phi) is 4.68. The number of alkyl halides is 3. The van der Waals surface area contributed by atoms with Crippen LogP contribution in [0, 0.1) is 11.8 Å². The second kappa shape index (κ2) is 5.83. The Hall–Kier alpha value is -1.61. The van der Waals surface area contributed by atoms with Crippen molar-refractivity contribution < 1.29 is 23.1 Å². The van der Waals surface area contributed by atoms with Crippen LogP contribution in [-0.4, -0.2) is 16.0 Å². The van der Waals surface area contributed by atoms with E-state index in [1.165, 1.54) is 6.92 Å². The smallest absolute Gasteiger partial charge is 0.416 e. The normalized spacial score (nSPS) is 10.7. The molecule has 1 aromatic rings. The average Bonchev–Trinajstić information content (AvgIpc) is 2.22. The Balaban J connectivity index is 2.90. The predicted octanol–water partition coefficient (Wildman–Crippen LogP) is 3.04. The van der Waals surface area contributed by atoms with Gasteiger partial charge in [0, 0.05) is 12.5 Å². The summed E-state index contributed by atoms with van der Waals surface area (Å²) in [5.41, 5.74) is -0.891. The number of halogens is 3. The van der Waals surface area contributed by atoms with Crippen LogP contribution < -0.4 is 0 Å². The van der Waals surface area contributed by atoms with E-state index in [1.807, 2.05) is 0 Å². The van der Waals surface area contributed by atoms with Gasteiger partial charge in [0.2, 0.25) is 0 Å². The third-order valence-electron chi connectivity index (χ3n) is 1.83. The van der Waals surface area contributed by atoms with E-state index < -0.39 is 17.5 Å². The number of rotatable bonds is 1. The maximum atomic E-state index is 12.4. The second-order valence-corrected chi connectivity index (χ2v) is 4.50. The number of hydrogen-bond acceptors (Lipinski definition) is 3. The quantitative estimate of drug-likeness (QED) is 0.800. The van der Waals surface area contributed by atoms with Gasteiger partial charge in [-0.15, -0.1) is 0 Å². The van der Waals surface area contributed by atoms with E-state index in [4.69, 9.17) is 0 Å². The molecule has 2 nitrogen and oxygen atoms in total. The van der Waals surface area contributed by atoms with Crippen LogP contribution in [-0.2, 0) is 11.0 Å². The van der Waals surface area contributed by atoms with Crippen LogP contribution in [0.5, 0.6) is 5.75 Å². The molecule has 0 aliphatic rings. The fourth-order valence-electron chi connectivity index (χ4n) is 1.12. The highest BCUT2D eigenvalue weighted by atomic mass is 32.2. The van der Waals surface area contributed by atoms with Gasteiger partial charge in [-0.25, -0.2) is 0 Å². The zero-order valence-electron chi connectivity index (χ0n) is 9.34. The molecule has 0 saturated heterocycles. The van der Waals surface area contributed by atoms with Crippen molar-refractivity contribution in [1.82, 2.24) is 0 Å². The summed E-state index contributed by atoms with van der Waals surface area (Å²) in [5, 5.41) is 9.06. The van der Waals surface area contributed by atoms with Crippen LogP contribution in [0.2, 0.25) is 0 Å². The van der Waals surface area contributed by atoms with Gasteiger partial charge in [0.1, 0.15) is 5.75 Å². The molecule has 0 unspecified atom stereocenters. The standard InChI is InChI=1S/C12H9F3O2S/c1-8(16)18-4-2-3-9-5-10(12(13,14)15)7-11(17)6-9/h5-7,17H,4H2,1H3. The van der Waals surface area contributed by atoms with E-state index in [0.29, 0.717) is 6.07 Å². The minimum absolute atomic E-state index is 0.0616. The van der Waals surface area contributed by atoms with Gasteiger partial charge in [0.25, 0.3) is 0 Å². The molecule has 1 N–H and O–H groups in total. The van der Waals surface area contributed by atoms with E-state index >= 15 is 0 Å². The van der Waals surface area contributed by atoms with Gasteiger partial charge >= 0.3 is 6.18 Å². The number of benzene rings is 1.